The Morgan fingerprint density at radius 1 is 1.26 bits per heavy atom. The van der Waals surface area contributed by atoms with Crippen molar-refractivity contribution in [1.82, 2.24) is 19.8 Å². The van der Waals surface area contributed by atoms with Crippen LogP contribution in [0.1, 0.15) is 39.4 Å². The maximum absolute atomic E-state index is 13.4. The van der Waals surface area contributed by atoms with Gasteiger partial charge in [-0.15, -0.1) is 0 Å². The standard InChI is InChI=1S/C20H23FN4O2/c1-24(2)20(27)18-11-17(22-13-23-18)9-14-5-4-8-25(12-14)19(26)15-6-3-7-16(21)10-15/h3,6-7,10-11,13-14H,4-5,8-9,12H2,1-2H3. The number of rotatable bonds is 4. The largest absolute Gasteiger partial charge is 0.343 e. The molecule has 1 unspecified atom stereocenters. The minimum absolute atomic E-state index is 0.148. The zero-order valence-corrected chi connectivity index (χ0v) is 15.6. The van der Waals surface area contributed by atoms with E-state index in [4.69, 9.17) is 0 Å². The molecule has 1 aromatic carbocycles. The summed E-state index contributed by atoms with van der Waals surface area (Å²) in [6.07, 6.45) is 3.95. The summed E-state index contributed by atoms with van der Waals surface area (Å²) in [5.41, 5.74) is 1.53. The summed E-state index contributed by atoms with van der Waals surface area (Å²) in [7, 11) is 3.36. The lowest BCUT2D eigenvalue weighted by atomic mass is 9.92. The van der Waals surface area contributed by atoms with E-state index in [2.05, 4.69) is 9.97 Å². The maximum atomic E-state index is 13.4. The molecule has 6 nitrogen and oxygen atoms in total. The van der Waals surface area contributed by atoms with Gasteiger partial charge >= 0.3 is 0 Å². The smallest absolute Gasteiger partial charge is 0.272 e. The molecule has 0 N–H and O–H groups in total. The fourth-order valence-corrected chi connectivity index (χ4v) is 3.37. The lowest BCUT2D eigenvalue weighted by molar-refractivity contribution is 0.0672. The van der Waals surface area contributed by atoms with E-state index in [0.717, 1.165) is 18.5 Å². The van der Waals surface area contributed by atoms with Gasteiger partial charge < -0.3 is 9.80 Å². The summed E-state index contributed by atoms with van der Waals surface area (Å²) in [6.45, 7) is 1.26. The third kappa shape index (κ3) is 4.67. The highest BCUT2D eigenvalue weighted by Crippen LogP contribution is 2.22. The number of carbonyl (C=O) groups is 2. The summed E-state index contributed by atoms with van der Waals surface area (Å²) in [4.78, 5) is 36.3. The van der Waals surface area contributed by atoms with Crippen LogP contribution >= 0.6 is 0 Å². The van der Waals surface area contributed by atoms with Gasteiger partial charge in [-0.1, -0.05) is 6.07 Å². The fraction of sp³-hybridized carbons (Fsp3) is 0.400. The average Bonchev–Trinajstić information content (AvgIpc) is 2.67. The van der Waals surface area contributed by atoms with Crippen LogP contribution < -0.4 is 0 Å². The molecule has 7 heteroatoms. The Balaban J connectivity index is 1.67. The molecule has 2 heterocycles. The van der Waals surface area contributed by atoms with Gasteiger partial charge in [-0.3, -0.25) is 9.59 Å². The SMILES string of the molecule is CN(C)C(=O)c1cc(CC2CCCN(C(=O)c3cccc(F)c3)C2)ncn1. The molecule has 1 atom stereocenters. The normalized spacial score (nSPS) is 16.9. The lowest BCUT2D eigenvalue weighted by Crippen LogP contribution is -2.40. The van der Waals surface area contributed by atoms with E-state index < -0.39 is 5.82 Å². The van der Waals surface area contributed by atoms with E-state index in [9.17, 15) is 14.0 Å². The van der Waals surface area contributed by atoms with Gasteiger partial charge in [-0.2, -0.15) is 0 Å². The van der Waals surface area contributed by atoms with Crippen molar-refractivity contribution < 1.29 is 14.0 Å². The Hall–Kier alpha value is -2.83. The third-order valence-electron chi connectivity index (χ3n) is 4.72. The van der Waals surface area contributed by atoms with Crippen molar-refractivity contribution in [3.05, 3.63) is 59.4 Å². The molecule has 2 amide bonds. The zero-order valence-electron chi connectivity index (χ0n) is 15.6. The maximum Gasteiger partial charge on any atom is 0.272 e. The lowest BCUT2D eigenvalue weighted by Gasteiger charge is -2.32. The van der Waals surface area contributed by atoms with Crippen molar-refractivity contribution in [1.29, 1.82) is 0 Å². The predicted molar refractivity (Wildman–Crippen MR) is 98.8 cm³/mol. The summed E-state index contributed by atoms with van der Waals surface area (Å²) in [6, 6.07) is 7.51. The number of hydrogen-bond donors (Lipinski definition) is 0. The quantitative estimate of drug-likeness (QED) is 0.829. The summed E-state index contributed by atoms with van der Waals surface area (Å²) in [5.74, 6) is -0.475. The topological polar surface area (TPSA) is 66.4 Å². The van der Waals surface area contributed by atoms with E-state index in [-0.39, 0.29) is 17.7 Å². The number of benzene rings is 1. The monoisotopic (exact) mass is 370 g/mol. The first kappa shape index (κ1) is 18.9. The highest BCUT2D eigenvalue weighted by atomic mass is 19.1. The molecule has 0 bridgehead atoms. The van der Waals surface area contributed by atoms with Crippen LogP contribution in [0.5, 0.6) is 0 Å². The molecular weight excluding hydrogens is 347 g/mol. The van der Waals surface area contributed by atoms with E-state index in [1.165, 1.54) is 23.4 Å². The van der Waals surface area contributed by atoms with E-state index in [1.54, 1.807) is 37.2 Å². The van der Waals surface area contributed by atoms with Gasteiger partial charge in [0.2, 0.25) is 0 Å². The number of nitrogens with zero attached hydrogens (tertiary/aromatic N) is 4. The number of likely N-dealkylation sites (tertiary alicyclic amines) is 1. The molecule has 1 fully saturated rings. The predicted octanol–water partition coefficient (Wildman–Crippen LogP) is 2.41. The molecule has 0 aliphatic carbocycles. The molecular formula is C20H23FN4O2. The van der Waals surface area contributed by atoms with Crippen molar-refractivity contribution in [2.24, 2.45) is 5.92 Å². The number of piperidine rings is 1. The molecule has 1 saturated heterocycles. The summed E-state index contributed by atoms with van der Waals surface area (Å²) in [5, 5.41) is 0. The Morgan fingerprint density at radius 3 is 2.81 bits per heavy atom. The molecule has 1 aromatic heterocycles. The van der Waals surface area contributed by atoms with Gasteiger partial charge in [0.1, 0.15) is 17.8 Å². The molecule has 3 rings (SSSR count). The van der Waals surface area contributed by atoms with E-state index in [1.807, 2.05) is 0 Å². The first-order valence-electron chi connectivity index (χ1n) is 9.01. The highest BCUT2D eigenvalue weighted by molar-refractivity contribution is 5.94. The number of amides is 2. The summed E-state index contributed by atoms with van der Waals surface area (Å²) < 4.78 is 13.4. The Morgan fingerprint density at radius 2 is 2.07 bits per heavy atom. The van der Waals surface area contributed by atoms with Gasteiger partial charge in [0.05, 0.1) is 0 Å². The van der Waals surface area contributed by atoms with Crippen LogP contribution in [0.3, 0.4) is 0 Å². The van der Waals surface area contributed by atoms with Crippen molar-refractivity contribution in [2.75, 3.05) is 27.2 Å². The molecule has 2 aromatic rings. The number of carbonyl (C=O) groups excluding carboxylic acids is 2. The van der Waals surface area contributed by atoms with Gasteiger partial charge in [0, 0.05) is 38.4 Å². The molecule has 27 heavy (non-hydrogen) atoms. The van der Waals surface area contributed by atoms with Gasteiger partial charge in [-0.25, -0.2) is 14.4 Å². The van der Waals surface area contributed by atoms with Crippen molar-refractivity contribution >= 4 is 11.8 Å². The zero-order chi connectivity index (χ0) is 19.4. The van der Waals surface area contributed by atoms with Crippen LogP contribution in [0.4, 0.5) is 4.39 Å². The third-order valence-corrected chi connectivity index (χ3v) is 4.72. The second-order valence-electron chi connectivity index (χ2n) is 7.07. The van der Waals surface area contributed by atoms with Gasteiger partial charge in [0.25, 0.3) is 11.8 Å². The Bertz CT molecular complexity index is 840. The molecule has 1 aliphatic heterocycles. The van der Waals surface area contributed by atoms with E-state index >= 15 is 0 Å². The van der Waals surface area contributed by atoms with Crippen LogP contribution in [-0.2, 0) is 6.42 Å². The number of halogens is 1. The average molecular weight is 370 g/mol. The van der Waals surface area contributed by atoms with Crippen LogP contribution in [0.2, 0.25) is 0 Å². The first-order valence-corrected chi connectivity index (χ1v) is 9.01. The minimum Gasteiger partial charge on any atom is -0.343 e. The highest BCUT2D eigenvalue weighted by Gasteiger charge is 2.25. The minimum atomic E-state index is -0.409. The number of aromatic nitrogens is 2. The van der Waals surface area contributed by atoms with Crippen molar-refractivity contribution in [3.63, 3.8) is 0 Å². The van der Waals surface area contributed by atoms with Crippen molar-refractivity contribution in [3.8, 4) is 0 Å². The summed E-state index contributed by atoms with van der Waals surface area (Å²) >= 11 is 0. The molecule has 0 radical (unpaired) electrons. The van der Waals surface area contributed by atoms with Crippen LogP contribution in [0, 0.1) is 11.7 Å². The Labute approximate surface area is 158 Å². The van der Waals surface area contributed by atoms with E-state index in [0.29, 0.717) is 30.8 Å². The molecule has 0 spiro atoms. The van der Waals surface area contributed by atoms with Gasteiger partial charge in [0.15, 0.2) is 0 Å². The molecule has 1 aliphatic rings. The fourth-order valence-electron chi connectivity index (χ4n) is 3.37. The van der Waals surface area contributed by atoms with Crippen LogP contribution in [0.25, 0.3) is 0 Å². The second kappa shape index (κ2) is 8.24. The Kier molecular flexibility index (Phi) is 5.78. The van der Waals surface area contributed by atoms with Crippen LogP contribution in [0.15, 0.2) is 36.7 Å². The van der Waals surface area contributed by atoms with Gasteiger partial charge in [-0.05, 0) is 49.4 Å². The first-order chi connectivity index (χ1) is 12.9. The van der Waals surface area contributed by atoms with Crippen LogP contribution in [-0.4, -0.2) is 58.8 Å². The number of hydrogen-bond acceptors (Lipinski definition) is 4. The van der Waals surface area contributed by atoms with Crippen molar-refractivity contribution in [2.45, 2.75) is 19.3 Å². The second-order valence-corrected chi connectivity index (χ2v) is 7.07. The molecule has 142 valence electrons. The molecule has 0 saturated carbocycles.